The number of rotatable bonds is 0. The van der Waals surface area contributed by atoms with Gasteiger partial charge in [-0.1, -0.05) is 0 Å². The summed E-state index contributed by atoms with van der Waals surface area (Å²) in [4.78, 5) is 3.40. The van der Waals surface area contributed by atoms with Crippen molar-refractivity contribution in [1.29, 1.82) is 0 Å². The minimum Gasteiger partial charge on any atom is -0.383 e. The molecule has 2 nitrogen and oxygen atoms in total. The van der Waals surface area contributed by atoms with Crippen LogP contribution in [0.5, 0.6) is 0 Å². The topological polar surface area (TPSA) is 38.9 Å². The average Bonchev–Trinajstić information content (AvgIpc) is 2.11. The highest BCUT2D eigenvalue weighted by molar-refractivity contribution is 5.42. The second-order valence-corrected chi connectivity index (χ2v) is 2.44. The van der Waals surface area contributed by atoms with Gasteiger partial charge in [0.15, 0.2) is 0 Å². The van der Waals surface area contributed by atoms with Gasteiger partial charge in [-0.2, -0.15) is 13.2 Å². The SMILES string of the molecule is C=C.Cc1cnc(N)c(C(F)(F)F)c1. The minimum atomic E-state index is -4.41. The predicted octanol–water partition coefficient (Wildman–Crippen LogP) is 2.79. The lowest BCUT2D eigenvalue weighted by Crippen LogP contribution is -2.10. The number of nitrogens with two attached hydrogens (primary N) is 1. The van der Waals surface area contributed by atoms with E-state index >= 15 is 0 Å². The summed E-state index contributed by atoms with van der Waals surface area (Å²) < 4.78 is 36.3. The van der Waals surface area contributed by atoms with Gasteiger partial charge in [0.2, 0.25) is 0 Å². The summed E-state index contributed by atoms with van der Waals surface area (Å²) >= 11 is 0. The molecule has 0 atom stereocenters. The van der Waals surface area contributed by atoms with Crippen LogP contribution in [0.1, 0.15) is 11.1 Å². The third-order valence-corrected chi connectivity index (χ3v) is 1.36. The van der Waals surface area contributed by atoms with Gasteiger partial charge >= 0.3 is 6.18 Å². The number of halogens is 3. The normalized spacial score (nSPS) is 10.3. The molecule has 1 rings (SSSR count). The Bertz CT molecular complexity index is 307. The zero-order valence-electron chi connectivity index (χ0n) is 7.73. The van der Waals surface area contributed by atoms with Crippen LogP contribution in [0.4, 0.5) is 19.0 Å². The van der Waals surface area contributed by atoms with Crippen LogP contribution < -0.4 is 5.73 Å². The lowest BCUT2D eigenvalue weighted by atomic mass is 10.2. The average molecular weight is 204 g/mol. The standard InChI is InChI=1S/C7H7F3N2.C2H4/c1-4-2-5(7(8,9)10)6(11)12-3-4;1-2/h2-3H,1H3,(H2,11,12);1-2H2. The highest BCUT2D eigenvalue weighted by atomic mass is 19.4. The van der Waals surface area contributed by atoms with Crippen molar-refractivity contribution in [2.24, 2.45) is 0 Å². The van der Waals surface area contributed by atoms with E-state index in [0.717, 1.165) is 6.07 Å². The van der Waals surface area contributed by atoms with Crippen LogP contribution in [0.2, 0.25) is 0 Å². The molecule has 0 spiro atoms. The number of hydrogen-bond donors (Lipinski definition) is 1. The molecule has 2 N–H and O–H groups in total. The number of anilines is 1. The van der Waals surface area contributed by atoms with Crippen molar-refractivity contribution in [2.45, 2.75) is 13.1 Å². The quantitative estimate of drug-likeness (QED) is 0.660. The number of aromatic nitrogens is 1. The maximum absolute atomic E-state index is 12.1. The van der Waals surface area contributed by atoms with E-state index in [-0.39, 0.29) is 0 Å². The summed E-state index contributed by atoms with van der Waals surface area (Å²) in [5, 5.41) is 0. The van der Waals surface area contributed by atoms with Crippen molar-refractivity contribution >= 4 is 5.82 Å². The summed E-state index contributed by atoms with van der Waals surface area (Å²) in [5.74, 6) is -0.479. The number of aryl methyl sites for hydroxylation is 1. The van der Waals surface area contributed by atoms with Crippen molar-refractivity contribution < 1.29 is 13.2 Å². The fraction of sp³-hybridized carbons (Fsp3) is 0.222. The monoisotopic (exact) mass is 204 g/mol. The van der Waals surface area contributed by atoms with Gasteiger partial charge in [-0.05, 0) is 18.6 Å². The summed E-state index contributed by atoms with van der Waals surface area (Å²) in [6.45, 7) is 7.53. The van der Waals surface area contributed by atoms with E-state index in [1.165, 1.54) is 13.1 Å². The molecule has 0 radical (unpaired) electrons. The first-order chi connectivity index (χ1) is 6.41. The van der Waals surface area contributed by atoms with Gasteiger partial charge in [-0.3, -0.25) is 0 Å². The van der Waals surface area contributed by atoms with Crippen LogP contribution in [-0.4, -0.2) is 4.98 Å². The van der Waals surface area contributed by atoms with Gasteiger partial charge in [0.05, 0.1) is 5.56 Å². The molecular formula is C9H11F3N2. The van der Waals surface area contributed by atoms with Crippen molar-refractivity contribution in [2.75, 3.05) is 5.73 Å². The van der Waals surface area contributed by atoms with Gasteiger partial charge in [0.1, 0.15) is 5.82 Å². The number of nitrogens with zero attached hydrogens (tertiary/aromatic N) is 1. The zero-order valence-corrected chi connectivity index (χ0v) is 7.73. The Morgan fingerprint density at radius 1 is 1.36 bits per heavy atom. The van der Waals surface area contributed by atoms with Gasteiger partial charge in [0, 0.05) is 6.20 Å². The molecule has 5 heteroatoms. The predicted molar refractivity (Wildman–Crippen MR) is 49.6 cm³/mol. The maximum atomic E-state index is 12.1. The van der Waals surface area contributed by atoms with E-state index in [9.17, 15) is 13.2 Å². The molecule has 0 aliphatic carbocycles. The Balaban J connectivity index is 0.000000791. The van der Waals surface area contributed by atoms with Crippen molar-refractivity contribution in [3.8, 4) is 0 Å². The molecule has 78 valence electrons. The first-order valence-corrected chi connectivity index (χ1v) is 3.70. The zero-order chi connectivity index (χ0) is 11.4. The van der Waals surface area contributed by atoms with Crippen molar-refractivity contribution in [3.05, 3.63) is 36.5 Å². The lowest BCUT2D eigenvalue weighted by molar-refractivity contribution is -0.137. The van der Waals surface area contributed by atoms with E-state index in [1.807, 2.05) is 0 Å². The summed E-state index contributed by atoms with van der Waals surface area (Å²) in [6, 6.07) is 0.975. The molecule has 1 heterocycles. The Hall–Kier alpha value is -1.52. The van der Waals surface area contributed by atoms with Crippen molar-refractivity contribution in [1.82, 2.24) is 4.98 Å². The van der Waals surface area contributed by atoms with Crippen molar-refractivity contribution in [3.63, 3.8) is 0 Å². The van der Waals surface area contributed by atoms with Crippen LogP contribution in [0, 0.1) is 6.92 Å². The molecule has 0 aromatic carbocycles. The second-order valence-electron chi connectivity index (χ2n) is 2.44. The van der Waals surface area contributed by atoms with Gasteiger partial charge in [-0.15, -0.1) is 13.2 Å². The Kier molecular flexibility index (Phi) is 4.14. The third-order valence-electron chi connectivity index (χ3n) is 1.36. The summed E-state index contributed by atoms with van der Waals surface area (Å²) in [5.41, 5.74) is 4.61. The molecule has 0 aliphatic rings. The highest BCUT2D eigenvalue weighted by Crippen LogP contribution is 2.32. The van der Waals surface area contributed by atoms with Crippen LogP contribution in [0.25, 0.3) is 0 Å². The molecule has 0 saturated carbocycles. The first kappa shape index (κ1) is 12.5. The molecular weight excluding hydrogens is 193 g/mol. The molecule has 0 bridgehead atoms. The number of alkyl halides is 3. The van der Waals surface area contributed by atoms with E-state index < -0.39 is 17.6 Å². The van der Waals surface area contributed by atoms with Crippen LogP contribution >= 0.6 is 0 Å². The van der Waals surface area contributed by atoms with Crippen LogP contribution in [0.15, 0.2) is 25.4 Å². The van der Waals surface area contributed by atoms with E-state index in [0.29, 0.717) is 5.56 Å². The molecule has 1 aromatic rings. The minimum absolute atomic E-state index is 0.441. The summed E-state index contributed by atoms with van der Waals surface area (Å²) in [6.07, 6.45) is -3.12. The molecule has 0 saturated heterocycles. The second kappa shape index (κ2) is 4.64. The van der Waals surface area contributed by atoms with Crippen LogP contribution in [-0.2, 0) is 6.18 Å². The molecule has 1 aromatic heterocycles. The smallest absolute Gasteiger partial charge is 0.383 e. The summed E-state index contributed by atoms with van der Waals surface area (Å²) in [7, 11) is 0. The molecule has 0 fully saturated rings. The number of nitrogen functional groups attached to an aromatic ring is 1. The Morgan fingerprint density at radius 2 is 1.86 bits per heavy atom. The van der Waals surface area contributed by atoms with Crippen LogP contribution in [0.3, 0.4) is 0 Å². The fourth-order valence-electron chi connectivity index (χ4n) is 0.807. The van der Waals surface area contributed by atoms with E-state index in [2.05, 4.69) is 18.1 Å². The number of pyridine rings is 1. The Morgan fingerprint density at radius 3 is 2.21 bits per heavy atom. The van der Waals surface area contributed by atoms with E-state index in [1.54, 1.807) is 0 Å². The largest absolute Gasteiger partial charge is 0.419 e. The molecule has 0 unspecified atom stereocenters. The molecule has 14 heavy (non-hydrogen) atoms. The lowest BCUT2D eigenvalue weighted by Gasteiger charge is -2.08. The third kappa shape index (κ3) is 3.08. The molecule has 0 amide bonds. The fourth-order valence-corrected chi connectivity index (χ4v) is 0.807. The number of hydrogen-bond acceptors (Lipinski definition) is 2. The maximum Gasteiger partial charge on any atom is 0.419 e. The van der Waals surface area contributed by atoms with E-state index in [4.69, 9.17) is 5.73 Å². The Labute approximate surface area is 80.3 Å². The van der Waals surface area contributed by atoms with Gasteiger partial charge in [-0.25, -0.2) is 4.98 Å². The van der Waals surface area contributed by atoms with Gasteiger partial charge in [0.25, 0.3) is 0 Å². The first-order valence-electron chi connectivity index (χ1n) is 3.70. The highest BCUT2D eigenvalue weighted by Gasteiger charge is 2.33. The molecule has 0 aliphatic heterocycles. The van der Waals surface area contributed by atoms with Gasteiger partial charge < -0.3 is 5.73 Å².